The molecule has 0 spiro atoms. The van der Waals surface area contributed by atoms with Crippen molar-refractivity contribution in [2.75, 3.05) is 5.32 Å². The Morgan fingerprint density at radius 3 is 2.24 bits per heavy atom. The number of rotatable bonds is 1. The lowest BCUT2D eigenvalue weighted by Gasteiger charge is -2.36. The normalized spacial score (nSPS) is 14.4. The van der Waals surface area contributed by atoms with E-state index in [-0.39, 0.29) is 5.41 Å². The Morgan fingerprint density at radius 2 is 1.38 bits per heavy atom. The SMILES string of the molecule is CC1(C)c2ccccc2Nc2ccc3c4ccccc4n(-c4ccccc4)c3c21. The molecule has 0 radical (unpaired) electrons. The Morgan fingerprint density at radius 1 is 0.655 bits per heavy atom. The van der Waals surface area contributed by atoms with Crippen LogP contribution < -0.4 is 5.32 Å². The van der Waals surface area contributed by atoms with Gasteiger partial charge < -0.3 is 9.88 Å². The van der Waals surface area contributed by atoms with Crippen molar-refractivity contribution >= 4 is 33.2 Å². The van der Waals surface area contributed by atoms with E-state index in [0.717, 1.165) is 0 Å². The van der Waals surface area contributed by atoms with Crippen molar-refractivity contribution in [3.8, 4) is 5.69 Å². The monoisotopic (exact) mass is 374 g/mol. The number of aromatic nitrogens is 1. The molecule has 1 aliphatic heterocycles. The molecule has 0 aliphatic carbocycles. The number of nitrogens with one attached hydrogen (secondary N) is 1. The van der Waals surface area contributed by atoms with Crippen molar-refractivity contribution in [1.29, 1.82) is 0 Å². The van der Waals surface area contributed by atoms with Crippen molar-refractivity contribution < 1.29 is 0 Å². The minimum absolute atomic E-state index is 0.113. The van der Waals surface area contributed by atoms with E-state index >= 15 is 0 Å². The molecule has 0 atom stereocenters. The maximum absolute atomic E-state index is 3.70. The fourth-order valence-electron chi connectivity index (χ4n) is 5.06. The van der Waals surface area contributed by atoms with Crippen LogP contribution in [0.25, 0.3) is 27.5 Å². The Kier molecular flexibility index (Phi) is 3.25. The molecule has 0 saturated carbocycles. The maximum atomic E-state index is 3.70. The summed E-state index contributed by atoms with van der Waals surface area (Å²) in [5.74, 6) is 0. The molecule has 1 N–H and O–H groups in total. The lowest BCUT2D eigenvalue weighted by atomic mass is 9.73. The minimum Gasteiger partial charge on any atom is -0.355 e. The number of hydrogen-bond donors (Lipinski definition) is 1. The highest BCUT2D eigenvalue weighted by molar-refractivity contribution is 6.12. The smallest absolute Gasteiger partial charge is 0.0602 e. The van der Waals surface area contributed by atoms with Crippen LogP contribution in [0.2, 0.25) is 0 Å². The van der Waals surface area contributed by atoms with Gasteiger partial charge in [0.05, 0.1) is 11.0 Å². The zero-order valence-corrected chi connectivity index (χ0v) is 16.6. The van der Waals surface area contributed by atoms with Crippen molar-refractivity contribution in [1.82, 2.24) is 4.57 Å². The second-order valence-corrected chi connectivity index (χ2v) is 8.37. The van der Waals surface area contributed by atoms with Crippen LogP contribution >= 0.6 is 0 Å². The predicted octanol–water partition coefficient (Wildman–Crippen LogP) is 7.17. The Hall–Kier alpha value is -3.52. The van der Waals surface area contributed by atoms with E-state index in [1.54, 1.807) is 0 Å². The van der Waals surface area contributed by atoms with Crippen molar-refractivity contribution in [2.24, 2.45) is 0 Å². The zero-order chi connectivity index (χ0) is 19.6. The molecule has 29 heavy (non-hydrogen) atoms. The topological polar surface area (TPSA) is 17.0 Å². The molecule has 0 amide bonds. The lowest BCUT2D eigenvalue weighted by Crippen LogP contribution is -2.26. The number of hydrogen-bond acceptors (Lipinski definition) is 1. The number of benzene rings is 4. The summed E-state index contributed by atoms with van der Waals surface area (Å²) in [5.41, 5.74) is 8.71. The van der Waals surface area contributed by atoms with Gasteiger partial charge in [-0.2, -0.15) is 0 Å². The molecule has 0 bridgehead atoms. The lowest BCUT2D eigenvalue weighted by molar-refractivity contribution is 0.642. The van der Waals surface area contributed by atoms with Gasteiger partial charge in [0.1, 0.15) is 0 Å². The first-order valence-corrected chi connectivity index (χ1v) is 10.1. The summed E-state index contributed by atoms with van der Waals surface area (Å²) in [4.78, 5) is 0. The Bertz CT molecular complexity index is 1390. The molecule has 0 fully saturated rings. The number of nitrogens with zero attached hydrogens (tertiary/aromatic N) is 1. The molecule has 5 aromatic rings. The molecule has 1 aliphatic rings. The summed E-state index contributed by atoms with van der Waals surface area (Å²) in [6.07, 6.45) is 0. The van der Waals surface area contributed by atoms with Crippen LogP contribution in [0.1, 0.15) is 25.0 Å². The minimum atomic E-state index is -0.113. The molecule has 140 valence electrons. The van der Waals surface area contributed by atoms with E-state index in [9.17, 15) is 0 Å². The van der Waals surface area contributed by atoms with E-state index in [1.807, 2.05) is 0 Å². The molecule has 0 unspecified atom stereocenters. The molecule has 1 aromatic heterocycles. The van der Waals surface area contributed by atoms with Crippen molar-refractivity contribution in [2.45, 2.75) is 19.3 Å². The Labute approximate surface area is 170 Å². The molecular formula is C27H22N2. The average Bonchev–Trinajstić information content (AvgIpc) is 3.08. The number of anilines is 2. The van der Waals surface area contributed by atoms with Crippen LogP contribution in [0.5, 0.6) is 0 Å². The third-order valence-corrected chi connectivity index (χ3v) is 6.35. The van der Waals surface area contributed by atoms with Gasteiger partial charge in [-0.3, -0.25) is 0 Å². The summed E-state index contributed by atoms with van der Waals surface area (Å²) >= 11 is 0. The average molecular weight is 374 g/mol. The zero-order valence-electron chi connectivity index (χ0n) is 16.6. The first kappa shape index (κ1) is 16.4. The van der Waals surface area contributed by atoms with Gasteiger partial charge in [-0.25, -0.2) is 0 Å². The van der Waals surface area contributed by atoms with Gasteiger partial charge in [0, 0.05) is 38.8 Å². The van der Waals surface area contributed by atoms with Crippen LogP contribution in [-0.2, 0) is 5.41 Å². The third kappa shape index (κ3) is 2.17. The standard InChI is InChI=1S/C27H22N2/c1-27(2)21-13-7-8-14-22(21)28-23-17-16-20-19-12-6-9-15-24(19)29(26(20)25(23)27)18-10-4-3-5-11-18/h3-17,28H,1-2H3. The second kappa shape index (κ2) is 5.74. The summed E-state index contributed by atoms with van der Waals surface area (Å²) in [5, 5.41) is 6.30. The molecule has 2 heteroatoms. The molecule has 4 aromatic carbocycles. The summed E-state index contributed by atoms with van der Waals surface area (Å²) in [6, 6.07) is 32.6. The third-order valence-electron chi connectivity index (χ3n) is 6.35. The molecular weight excluding hydrogens is 352 g/mol. The molecule has 6 rings (SSSR count). The van der Waals surface area contributed by atoms with E-state index in [4.69, 9.17) is 0 Å². The van der Waals surface area contributed by atoms with E-state index < -0.39 is 0 Å². The first-order chi connectivity index (χ1) is 14.2. The van der Waals surface area contributed by atoms with Crippen LogP contribution in [0.15, 0.2) is 91.0 Å². The molecule has 2 heterocycles. The maximum Gasteiger partial charge on any atom is 0.0602 e. The van der Waals surface area contributed by atoms with E-state index in [0.29, 0.717) is 0 Å². The van der Waals surface area contributed by atoms with Crippen LogP contribution in [0.3, 0.4) is 0 Å². The fourth-order valence-corrected chi connectivity index (χ4v) is 5.06. The predicted molar refractivity (Wildman–Crippen MR) is 123 cm³/mol. The number of fused-ring (bicyclic) bond motifs is 6. The second-order valence-electron chi connectivity index (χ2n) is 8.37. The van der Waals surface area contributed by atoms with Gasteiger partial charge in [-0.15, -0.1) is 0 Å². The van der Waals surface area contributed by atoms with Gasteiger partial charge in [-0.1, -0.05) is 74.5 Å². The number of para-hydroxylation sites is 3. The van der Waals surface area contributed by atoms with Crippen LogP contribution in [-0.4, -0.2) is 4.57 Å². The van der Waals surface area contributed by atoms with E-state index in [1.165, 1.54) is 50.0 Å². The fraction of sp³-hybridized carbons (Fsp3) is 0.111. The van der Waals surface area contributed by atoms with Gasteiger partial charge in [-0.05, 0) is 35.9 Å². The molecule has 0 saturated heterocycles. The summed E-state index contributed by atoms with van der Waals surface area (Å²) in [6.45, 7) is 4.69. The van der Waals surface area contributed by atoms with Crippen LogP contribution in [0.4, 0.5) is 11.4 Å². The van der Waals surface area contributed by atoms with Crippen LogP contribution in [0, 0.1) is 0 Å². The highest BCUT2D eigenvalue weighted by Crippen LogP contribution is 2.50. The van der Waals surface area contributed by atoms with Crippen molar-refractivity contribution in [3.63, 3.8) is 0 Å². The van der Waals surface area contributed by atoms with Gasteiger partial charge in [0.15, 0.2) is 0 Å². The quantitative estimate of drug-likeness (QED) is 0.329. The summed E-state index contributed by atoms with van der Waals surface area (Å²) < 4.78 is 2.43. The highest BCUT2D eigenvalue weighted by atomic mass is 15.0. The van der Waals surface area contributed by atoms with Crippen molar-refractivity contribution in [3.05, 3.63) is 102 Å². The summed E-state index contributed by atoms with van der Waals surface area (Å²) in [7, 11) is 0. The van der Waals surface area contributed by atoms with Gasteiger partial charge in [0.2, 0.25) is 0 Å². The Balaban J connectivity index is 1.82. The van der Waals surface area contributed by atoms with Gasteiger partial charge in [0.25, 0.3) is 0 Å². The van der Waals surface area contributed by atoms with E-state index in [2.05, 4.69) is 115 Å². The molecule has 2 nitrogen and oxygen atoms in total. The largest absolute Gasteiger partial charge is 0.355 e. The first-order valence-electron chi connectivity index (χ1n) is 10.1. The highest BCUT2D eigenvalue weighted by Gasteiger charge is 2.35. The van der Waals surface area contributed by atoms with Gasteiger partial charge >= 0.3 is 0 Å².